The molecule has 1 saturated heterocycles. The Morgan fingerprint density at radius 3 is 2.60 bits per heavy atom. The van der Waals surface area contributed by atoms with Crippen LogP contribution in [0.15, 0.2) is 18.7 Å². The highest BCUT2D eigenvalue weighted by Crippen LogP contribution is 2.30. The van der Waals surface area contributed by atoms with Crippen molar-refractivity contribution in [1.29, 1.82) is 0 Å². The number of imidazole rings is 1. The van der Waals surface area contributed by atoms with Crippen LogP contribution in [-0.4, -0.2) is 41.1 Å². The first-order valence-electron chi connectivity index (χ1n) is 7.14. The van der Waals surface area contributed by atoms with Crippen molar-refractivity contribution in [3.8, 4) is 0 Å². The van der Waals surface area contributed by atoms with Crippen LogP contribution in [0.2, 0.25) is 0 Å². The Hall–Kier alpha value is -0.880. The summed E-state index contributed by atoms with van der Waals surface area (Å²) in [5.41, 5.74) is -0.216. The predicted octanol–water partition coefficient (Wildman–Crippen LogP) is 2.14. The number of piperidine rings is 1. The van der Waals surface area contributed by atoms with Crippen LogP contribution in [0.5, 0.6) is 0 Å². The lowest BCUT2D eigenvalue weighted by Gasteiger charge is -2.37. The average Bonchev–Trinajstić information content (AvgIpc) is 2.79. The van der Waals surface area contributed by atoms with Crippen LogP contribution >= 0.6 is 0 Å². The van der Waals surface area contributed by atoms with Gasteiger partial charge in [-0.05, 0) is 17.8 Å². The van der Waals surface area contributed by atoms with Crippen LogP contribution in [0.3, 0.4) is 0 Å². The molecule has 0 amide bonds. The van der Waals surface area contributed by atoms with Crippen molar-refractivity contribution in [2.45, 2.75) is 40.2 Å². The van der Waals surface area contributed by atoms with Crippen molar-refractivity contribution in [3.63, 3.8) is 0 Å². The van der Waals surface area contributed by atoms with Crippen molar-refractivity contribution in [3.05, 3.63) is 18.7 Å². The van der Waals surface area contributed by atoms with Crippen molar-refractivity contribution in [2.24, 2.45) is 11.3 Å². The second kappa shape index (κ2) is 5.48. The number of nitrogens with zero attached hydrogens (tertiary/aromatic N) is 3. The van der Waals surface area contributed by atoms with E-state index in [0.29, 0.717) is 19.0 Å². The Labute approximate surface area is 122 Å². The highest BCUT2D eigenvalue weighted by atomic mass is 32.2. The lowest BCUT2D eigenvalue weighted by Crippen LogP contribution is -2.46. The number of aromatic nitrogens is 2. The summed E-state index contributed by atoms with van der Waals surface area (Å²) in [7, 11) is -3.19. The minimum atomic E-state index is -3.19. The van der Waals surface area contributed by atoms with Crippen molar-refractivity contribution < 1.29 is 8.42 Å². The highest BCUT2D eigenvalue weighted by molar-refractivity contribution is 7.89. The molecular weight excluding hydrogens is 274 g/mol. The first kappa shape index (κ1) is 15.5. The fraction of sp³-hybridized carbons (Fsp3) is 0.786. The van der Waals surface area contributed by atoms with Gasteiger partial charge in [-0.15, -0.1) is 0 Å². The van der Waals surface area contributed by atoms with Crippen LogP contribution in [0.4, 0.5) is 0 Å². The summed E-state index contributed by atoms with van der Waals surface area (Å²) in [5, 5.41) is 0. The third-order valence-corrected chi connectivity index (χ3v) is 6.15. The Bertz CT molecular complexity index is 531. The number of sulfonamides is 1. The molecule has 20 heavy (non-hydrogen) atoms. The van der Waals surface area contributed by atoms with E-state index in [9.17, 15) is 8.42 Å². The summed E-state index contributed by atoms with van der Waals surface area (Å²) in [5.74, 6) is 0.663. The molecule has 0 aliphatic carbocycles. The number of hydrogen-bond donors (Lipinski definition) is 0. The second-order valence-corrected chi connectivity index (χ2v) is 8.99. The number of hydrogen-bond acceptors (Lipinski definition) is 3. The Balaban J connectivity index is 2.15. The van der Waals surface area contributed by atoms with Crippen LogP contribution in [-0.2, 0) is 10.0 Å². The molecule has 1 aromatic heterocycles. The molecule has 5 nitrogen and oxygen atoms in total. The van der Waals surface area contributed by atoms with Crippen LogP contribution in [0.25, 0.3) is 0 Å². The maximum atomic E-state index is 12.5. The fourth-order valence-corrected chi connectivity index (χ4v) is 4.81. The molecule has 1 aromatic rings. The third kappa shape index (κ3) is 3.61. The molecule has 0 N–H and O–H groups in total. The third-order valence-electron chi connectivity index (χ3n) is 3.80. The topological polar surface area (TPSA) is 55.2 Å². The van der Waals surface area contributed by atoms with Crippen molar-refractivity contribution in [1.82, 2.24) is 13.9 Å². The van der Waals surface area contributed by atoms with E-state index >= 15 is 0 Å². The lowest BCUT2D eigenvalue weighted by molar-refractivity contribution is 0.199. The Morgan fingerprint density at radius 1 is 1.35 bits per heavy atom. The molecule has 114 valence electrons. The first-order valence-corrected chi connectivity index (χ1v) is 8.75. The molecule has 1 aliphatic rings. The minimum Gasteiger partial charge on any atom is -0.333 e. The van der Waals surface area contributed by atoms with Crippen molar-refractivity contribution in [2.75, 3.05) is 18.8 Å². The van der Waals surface area contributed by atoms with Gasteiger partial charge in [0.25, 0.3) is 0 Å². The molecule has 0 bridgehead atoms. The van der Waals surface area contributed by atoms with Gasteiger partial charge in [0, 0.05) is 25.5 Å². The zero-order valence-corrected chi connectivity index (χ0v) is 13.6. The first-order chi connectivity index (χ1) is 9.19. The summed E-state index contributed by atoms with van der Waals surface area (Å²) in [6, 6.07) is 0.181. The second-order valence-electron chi connectivity index (χ2n) is 7.02. The molecular formula is C14H25N3O2S. The molecule has 2 atom stereocenters. The fourth-order valence-electron chi connectivity index (χ4n) is 2.76. The van der Waals surface area contributed by atoms with Gasteiger partial charge in [-0.25, -0.2) is 13.4 Å². The summed E-state index contributed by atoms with van der Waals surface area (Å²) < 4.78 is 28.7. The van der Waals surface area contributed by atoms with Gasteiger partial charge in [0.1, 0.15) is 0 Å². The summed E-state index contributed by atoms with van der Waals surface area (Å²) in [4.78, 5) is 4.07. The molecule has 2 rings (SSSR count). The van der Waals surface area contributed by atoms with Gasteiger partial charge in [-0.3, -0.25) is 0 Å². The lowest BCUT2D eigenvalue weighted by atomic mass is 9.95. The normalized spacial score (nSPS) is 25.8. The van der Waals surface area contributed by atoms with Gasteiger partial charge in [-0.2, -0.15) is 4.31 Å². The minimum absolute atomic E-state index is 0.181. The highest BCUT2D eigenvalue weighted by Gasteiger charge is 2.35. The molecule has 1 aliphatic heterocycles. The molecule has 0 aromatic carbocycles. The smallest absolute Gasteiger partial charge is 0.214 e. The van der Waals surface area contributed by atoms with Gasteiger partial charge in [-0.1, -0.05) is 27.7 Å². The Kier molecular flexibility index (Phi) is 4.25. The van der Waals surface area contributed by atoms with Crippen LogP contribution in [0, 0.1) is 11.3 Å². The average molecular weight is 299 g/mol. The zero-order valence-electron chi connectivity index (χ0n) is 12.8. The Morgan fingerprint density at radius 2 is 2.05 bits per heavy atom. The van der Waals surface area contributed by atoms with E-state index in [1.165, 1.54) is 0 Å². The maximum absolute atomic E-state index is 12.5. The molecule has 6 heteroatoms. The summed E-state index contributed by atoms with van der Waals surface area (Å²) in [6.07, 6.45) is 6.34. The number of rotatable bonds is 3. The molecule has 1 fully saturated rings. The molecule has 0 radical (unpaired) electrons. The van der Waals surface area contributed by atoms with E-state index in [1.54, 1.807) is 16.8 Å². The van der Waals surface area contributed by atoms with Gasteiger partial charge in [0.05, 0.1) is 18.1 Å². The van der Waals surface area contributed by atoms with E-state index in [4.69, 9.17) is 0 Å². The summed E-state index contributed by atoms with van der Waals surface area (Å²) in [6.45, 7) is 9.25. The largest absolute Gasteiger partial charge is 0.333 e. The van der Waals surface area contributed by atoms with Crippen LogP contribution in [0.1, 0.15) is 40.2 Å². The van der Waals surface area contributed by atoms with E-state index in [2.05, 4.69) is 11.9 Å². The molecule has 0 saturated carbocycles. The monoisotopic (exact) mass is 299 g/mol. The van der Waals surface area contributed by atoms with Gasteiger partial charge in [0.2, 0.25) is 10.0 Å². The van der Waals surface area contributed by atoms with Crippen molar-refractivity contribution >= 4 is 10.0 Å². The van der Waals surface area contributed by atoms with E-state index in [1.807, 2.05) is 31.5 Å². The van der Waals surface area contributed by atoms with Gasteiger partial charge >= 0.3 is 0 Å². The van der Waals surface area contributed by atoms with Crippen LogP contribution < -0.4 is 0 Å². The molecule has 2 heterocycles. The quantitative estimate of drug-likeness (QED) is 0.859. The molecule has 0 spiro atoms. The standard InChI is InChI=1S/C14H25N3O2S/c1-12-5-7-17(20(18,19)10-14(2,3)4)9-13(12)16-8-6-15-11-16/h6,8,11-13H,5,7,9-10H2,1-4H3/t12-,13+/m1/s1. The van der Waals surface area contributed by atoms with E-state index < -0.39 is 10.0 Å². The van der Waals surface area contributed by atoms with Gasteiger partial charge in [0.15, 0.2) is 0 Å². The van der Waals surface area contributed by atoms with E-state index in [0.717, 1.165) is 6.42 Å². The SMILES string of the molecule is C[C@@H]1CCN(S(=O)(=O)CC(C)(C)C)C[C@@H]1n1ccnc1. The summed E-state index contributed by atoms with van der Waals surface area (Å²) >= 11 is 0. The maximum Gasteiger partial charge on any atom is 0.214 e. The predicted molar refractivity (Wildman–Crippen MR) is 79.9 cm³/mol. The molecule has 0 unspecified atom stereocenters. The van der Waals surface area contributed by atoms with Gasteiger partial charge < -0.3 is 4.57 Å². The van der Waals surface area contributed by atoms with E-state index in [-0.39, 0.29) is 17.2 Å². The zero-order chi connectivity index (χ0) is 15.0.